The monoisotopic (exact) mass is 717 g/mol. The highest BCUT2D eigenvalue weighted by Gasteiger charge is 2.67. The molecule has 0 radical (unpaired) electrons. The quantitative estimate of drug-likeness (QED) is 0.245. The molecule has 0 aromatic carbocycles. The van der Waals surface area contributed by atoms with Gasteiger partial charge < -0.3 is 19.7 Å². The molecule has 8 rings (SSSR count). The number of anilines is 1. The van der Waals surface area contributed by atoms with Crippen molar-refractivity contribution < 1.29 is 23.9 Å². The van der Waals surface area contributed by atoms with Crippen molar-refractivity contribution in [2.24, 2.45) is 5.41 Å². The minimum absolute atomic E-state index is 0.0222. The molecule has 15 heteroatoms. The van der Waals surface area contributed by atoms with E-state index in [2.05, 4.69) is 51.2 Å². The molecule has 14 nitrogen and oxygen atoms in total. The molecule has 4 aliphatic rings. The van der Waals surface area contributed by atoms with E-state index in [4.69, 9.17) is 9.47 Å². The predicted molar refractivity (Wildman–Crippen MR) is 177 cm³/mol. The first kappa shape index (κ1) is 31.4. The minimum atomic E-state index is -0.729. The maximum atomic E-state index is 14.3. The van der Waals surface area contributed by atoms with Crippen molar-refractivity contribution in [3.63, 3.8) is 0 Å². The molecule has 3 fully saturated rings. The van der Waals surface area contributed by atoms with E-state index in [0.717, 1.165) is 44.5 Å². The van der Waals surface area contributed by atoms with Crippen LogP contribution in [0.3, 0.4) is 0 Å². The molecule has 1 N–H and O–H groups in total. The number of carbonyl (C=O) groups excluding carboxylic acids is 3. The van der Waals surface area contributed by atoms with E-state index in [-0.39, 0.29) is 47.4 Å². The highest BCUT2D eigenvalue weighted by atomic mass is 79.9. The summed E-state index contributed by atoms with van der Waals surface area (Å²) in [7, 11) is 0. The van der Waals surface area contributed by atoms with Gasteiger partial charge >= 0.3 is 0 Å². The molecule has 2 saturated heterocycles. The van der Waals surface area contributed by atoms with Crippen molar-refractivity contribution >= 4 is 61.3 Å². The Labute approximate surface area is 284 Å². The zero-order valence-corrected chi connectivity index (χ0v) is 28.4. The van der Waals surface area contributed by atoms with E-state index < -0.39 is 6.04 Å². The van der Waals surface area contributed by atoms with Crippen LogP contribution >= 0.6 is 15.9 Å². The van der Waals surface area contributed by atoms with Crippen molar-refractivity contribution in [2.45, 2.75) is 64.3 Å². The lowest BCUT2D eigenvalue weighted by Crippen LogP contribution is -2.47. The fraction of sp³-hybridized carbons (Fsp3) is 0.515. The lowest BCUT2D eigenvalue weighted by atomic mass is 10.00. The van der Waals surface area contributed by atoms with Gasteiger partial charge in [0.1, 0.15) is 34.5 Å². The lowest BCUT2D eigenvalue weighted by molar-refractivity contribution is -0.138. The number of rotatable bonds is 3. The smallest absolute Gasteiger partial charge is 0.248 e. The number of amides is 2. The molecular formula is C33H36BrN9O5. The number of piperidine rings is 1. The Hall–Kier alpha value is -3.92. The molecule has 4 aromatic rings. The van der Waals surface area contributed by atoms with Crippen LogP contribution < -0.4 is 5.32 Å². The number of morpholine rings is 1. The van der Waals surface area contributed by atoms with E-state index in [1.54, 1.807) is 24.2 Å². The molecule has 4 bridgehead atoms. The van der Waals surface area contributed by atoms with E-state index in [1.807, 2.05) is 12.1 Å². The average molecular weight is 719 g/mol. The first-order chi connectivity index (χ1) is 23.2. The van der Waals surface area contributed by atoms with E-state index in [9.17, 15) is 14.4 Å². The Morgan fingerprint density at radius 1 is 1.15 bits per heavy atom. The van der Waals surface area contributed by atoms with Gasteiger partial charge in [-0.1, -0.05) is 6.07 Å². The molecule has 1 saturated carbocycles. The number of nitrogens with zero attached hydrogens (tertiary/aromatic N) is 8. The zero-order chi connectivity index (χ0) is 33.2. The van der Waals surface area contributed by atoms with Crippen LogP contribution in [-0.2, 0) is 32.0 Å². The number of pyridine rings is 2. The third kappa shape index (κ3) is 5.65. The average Bonchev–Trinajstić information content (AvgIpc) is 3.46. The van der Waals surface area contributed by atoms with Gasteiger partial charge in [0, 0.05) is 48.4 Å². The Morgan fingerprint density at radius 3 is 2.88 bits per heavy atom. The molecule has 3 aliphatic heterocycles. The Balaban J connectivity index is 1.12. The highest BCUT2D eigenvalue weighted by molar-refractivity contribution is 9.10. The highest BCUT2D eigenvalue weighted by Crippen LogP contribution is 2.60. The molecule has 1 spiro atoms. The lowest BCUT2D eigenvalue weighted by Gasteiger charge is -2.33. The molecule has 2 unspecified atom stereocenters. The van der Waals surface area contributed by atoms with Crippen molar-refractivity contribution in [3.05, 3.63) is 46.2 Å². The number of likely N-dealkylation sites (tertiary alicyclic amines) is 1. The van der Waals surface area contributed by atoms with Gasteiger partial charge in [0.15, 0.2) is 11.4 Å². The first-order valence-electron chi connectivity index (χ1n) is 16.4. The summed E-state index contributed by atoms with van der Waals surface area (Å²) in [6, 6.07) is 2.98. The minimum Gasteiger partial charge on any atom is -0.378 e. The van der Waals surface area contributed by atoms with Crippen LogP contribution in [0, 0.1) is 12.3 Å². The summed E-state index contributed by atoms with van der Waals surface area (Å²) in [6.45, 7) is 7.19. The molecule has 2 amide bonds. The van der Waals surface area contributed by atoms with Gasteiger partial charge in [-0.05, 0) is 66.7 Å². The number of hydrogen-bond donors (Lipinski definition) is 1. The first-order valence-corrected chi connectivity index (χ1v) is 17.2. The van der Waals surface area contributed by atoms with Crippen LogP contribution in [0.4, 0.5) is 5.82 Å². The van der Waals surface area contributed by atoms with Crippen molar-refractivity contribution in [3.8, 4) is 0 Å². The van der Waals surface area contributed by atoms with Crippen molar-refractivity contribution in [2.75, 3.05) is 44.8 Å². The number of ketones is 1. The summed E-state index contributed by atoms with van der Waals surface area (Å²) in [6.07, 6.45) is 6.04. The zero-order valence-electron chi connectivity index (χ0n) is 26.8. The van der Waals surface area contributed by atoms with Gasteiger partial charge in [0.25, 0.3) is 0 Å². The van der Waals surface area contributed by atoms with Gasteiger partial charge in [-0.3, -0.25) is 24.0 Å². The van der Waals surface area contributed by atoms with Crippen LogP contribution in [0.2, 0.25) is 0 Å². The van der Waals surface area contributed by atoms with Crippen molar-refractivity contribution in [1.29, 1.82) is 0 Å². The van der Waals surface area contributed by atoms with Gasteiger partial charge in [0.2, 0.25) is 11.8 Å². The fourth-order valence-electron chi connectivity index (χ4n) is 7.67. The molecule has 250 valence electrons. The standard InChI is InChI=1S/C33H36BrN9O5/c1-18(44)29-28-22-12-35-19(2)37-31(22)36-13-24(28)42(40-29)15-27(45)43-23-10-33(11-25(33)43)17-47-16-21-14-41(8-9-48-21)7-3-4-20-5-6-26(34)38-30(20)39-32(23)46/h5-6,12-13,21,23,25H,3-4,7-11,14-17H2,1-2H3,(H,38,39,46)/t21?,23-,25+,33-/m0/s1. The maximum absolute atomic E-state index is 14.3. The molecule has 5 atom stereocenters. The second-order valence-corrected chi connectivity index (χ2v) is 14.2. The molecule has 4 aromatic heterocycles. The number of halogens is 1. The topological polar surface area (TPSA) is 158 Å². The van der Waals surface area contributed by atoms with Gasteiger partial charge in [-0.15, -0.1) is 0 Å². The largest absolute Gasteiger partial charge is 0.378 e. The van der Waals surface area contributed by atoms with Crippen molar-refractivity contribution in [1.82, 2.24) is 39.5 Å². The number of ether oxygens (including phenoxy) is 2. The summed E-state index contributed by atoms with van der Waals surface area (Å²) in [5.41, 5.74) is 1.80. The van der Waals surface area contributed by atoms with Crippen LogP contribution in [0.25, 0.3) is 21.9 Å². The summed E-state index contributed by atoms with van der Waals surface area (Å²) >= 11 is 3.46. The second-order valence-electron chi connectivity index (χ2n) is 13.4. The summed E-state index contributed by atoms with van der Waals surface area (Å²) in [5, 5.41) is 8.80. The summed E-state index contributed by atoms with van der Waals surface area (Å²) < 4.78 is 14.4. The second kappa shape index (κ2) is 12.2. The number of aryl methyl sites for hydroxylation is 2. The normalized spacial score (nSPS) is 27.4. The van der Waals surface area contributed by atoms with Gasteiger partial charge in [-0.25, -0.2) is 19.9 Å². The molecular weight excluding hydrogens is 682 g/mol. The number of nitrogens with one attached hydrogen (secondary N) is 1. The van der Waals surface area contributed by atoms with Gasteiger partial charge in [-0.2, -0.15) is 5.10 Å². The van der Waals surface area contributed by atoms with E-state index in [1.165, 1.54) is 11.6 Å². The SMILES string of the molecule is CC(=O)c1nn(CC(=O)N2[C@H]3C[C@@]4(COCC5CN(CCCc6ccc(Br)nc6NC3=O)CCO5)C[C@@H]24)c2cnc3nc(C)ncc3c12. The fourth-order valence-corrected chi connectivity index (χ4v) is 7.98. The van der Waals surface area contributed by atoms with Gasteiger partial charge in [0.05, 0.1) is 37.6 Å². The van der Waals surface area contributed by atoms with Crippen LogP contribution in [0.1, 0.15) is 48.1 Å². The molecule has 48 heavy (non-hydrogen) atoms. The molecule has 7 heterocycles. The van der Waals surface area contributed by atoms with Crippen LogP contribution in [-0.4, -0.2) is 115 Å². The summed E-state index contributed by atoms with van der Waals surface area (Å²) in [5.74, 6) is 0.253. The number of fused-ring (bicyclic) bond motifs is 7. The number of hydrogen-bond acceptors (Lipinski definition) is 11. The van der Waals surface area contributed by atoms with E-state index in [0.29, 0.717) is 64.4 Å². The third-order valence-corrected chi connectivity index (χ3v) is 10.6. The van der Waals surface area contributed by atoms with Crippen LogP contribution in [0.5, 0.6) is 0 Å². The maximum Gasteiger partial charge on any atom is 0.248 e. The van der Waals surface area contributed by atoms with Crippen LogP contribution in [0.15, 0.2) is 29.1 Å². The third-order valence-electron chi connectivity index (χ3n) is 10.1. The predicted octanol–water partition coefficient (Wildman–Crippen LogP) is 2.70. The molecule has 1 aliphatic carbocycles. The summed E-state index contributed by atoms with van der Waals surface area (Å²) in [4.78, 5) is 63.1. The Kier molecular flexibility index (Phi) is 7.97. The van der Waals surface area contributed by atoms with E-state index >= 15 is 0 Å². The number of Topliss-reactive ketones (excluding diaryl/α,β-unsaturated/α-hetero) is 1. The Morgan fingerprint density at radius 2 is 2.02 bits per heavy atom. The Bertz CT molecular complexity index is 1970. The number of aromatic nitrogens is 6. The number of carbonyl (C=O) groups is 3.